The maximum atomic E-state index is 6.20. The van der Waals surface area contributed by atoms with E-state index < -0.39 is 0 Å². The maximum Gasteiger partial charge on any atom is 0.131 e. The van der Waals surface area contributed by atoms with Crippen molar-refractivity contribution >= 4 is 5.82 Å². The van der Waals surface area contributed by atoms with Gasteiger partial charge in [-0.15, -0.1) is 0 Å². The molecule has 0 unspecified atom stereocenters. The Hall–Kier alpha value is -2.14. The van der Waals surface area contributed by atoms with Crippen molar-refractivity contribution in [2.24, 2.45) is 0 Å². The van der Waals surface area contributed by atoms with Crippen molar-refractivity contribution in [2.45, 2.75) is 44.6 Å². The lowest BCUT2D eigenvalue weighted by molar-refractivity contribution is 0.162. The van der Waals surface area contributed by atoms with Gasteiger partial charge in [0.15, 0.2) is 0 Å². The van der Waals surface area contributed by atoms with Gasteiger partial charge in [-0.05, 0) is 61.5 Å². The summed E-state index contributed by atoms with van der Waals surface area (Å²) in [6, 6.07) is 6.36. The molecule has 0 bridgehead atoms. The van der Waals surface area contributed by atoms with Crippen molar-refractivity contribution < 1.29 is 4.74 Å². The van der Waals surface area contributed by atoms with E-state index in [9.17, 15) is 0 Å². The first-order valence-corrected chi connectivity index (χ1v) is 8.66. The highest BCUT2D eigenvalue weighted by Gasteiger charge is 2.34. The van der Waals surface area contributed by atoms with Crippen LogP contribution >= 0.6 is 0 Å². The summed E-state index contributed by atoms with van der Waals surface area (Å²) >= 11 is 0. The van der Waals surface area contributed by atoms with Crippen LogP contribution in [0.1, 0.15) is 37.8 Å². The second-order valence-corrected chi connectivity index (χ2v) is 7.43. The minimum atomic E-state index is -0.0823. The van der Waals surface area contributed by atoms with Gasteiger partial charge in [-0.25, -0.2) is 9.97 Å². The summed E-state index contributed by atoms with van der Waals surface area (Å²) < 4.78 is 6.20. The summed E-state index contributed by atoms with van der Waals surface area (Å²) in [5.74, 6) is 1.55. The van der Waals surface area contributed by atoms with E-state index in [1.165, 1.54) is 5.56 Å². The van der Waals surface area contributed by atoms with E-state index in [4.69, 9.17) is 10.5 Å². The minimum absolute atomic E-state index is 0.0823. The molecule has 2 heterocycles. The molecule has 2 aliphatic rings. The van der Waals surface area contributed by atoms with Crippen molar-refractivity contribution in [1.29, 1.82) is 0 Å². The Morgan fingerprint density at radius 3 is 2.79 bits per heavy atom. The molecule has 3 N–H and O–H groups in total. The summed E-state index contributed by atoms with van der Waals surface area (Å²) in [4.78, 5) is 8.71. The third kappa shape index (κ3) is 2.63. The number of benzene rings is 1. The fraction of sp³-hybridized carbons (Fsp3) is 0.474. The number of fused-ring (bicyclic) bond motifs is 3. The normalized spacial score (nSPS) is 19.4. The molecular weight excluding hydrogens is 300 g/mol. The Bertz CT molecular complexity index is 766. The van der Waals surface area contributed by atoms with Crippen LogP contribution in [0.25, 0.3) is 11.3 Å². The van der Waals surface area contributed by atoms with Crippen LogP contribution < -0.4 is 15.8 Å². The molecule has 5 nitrogen and oxygen atoms in total. The van der Waals surface area contributed by atoms with Crippen LogP contribution in [-0.2, 0) is 11.8 Å². The van der Waals surface area contributed by atoms with Gasteiger partial charge in [-0.3, -0.25) is 0 Å². The second-order valence-electron chi connectivity index (χ2n) is 7.43. The average molecular weight is 324 g/mol. The van der Waals surface area contributed by atoms with Crippen LogP contribution in [0.3, 0.4) is 0 Å². The largest absolute Gasteiger partial charge is 0.490 e. The Labute approximate surface area is 142 Å². The molecule has 0 atom stereocenters. The summed E-state index contributed by atoms with van der Waals surface area (Å²) in [5, 5.41) is 3.37. The third-order valence-electron chi connectivity index (χ3n) is 5.11. The molecule has 0 spiro atoms. The Balaban J connectivity index is 1.70. The van der Waals surface area contributed by atoms with Crippen LogP contribution in [0.5, 0.6) is 5.75 Å². The fourth-order valence-corrected chi connectivity index (χ4v) is 3.96. The highest BCUT2D eigenvalue weighted by Crippen LogP contribution is 2.44. The summed E-state index contributed by atoms with van der Waals surface area (Å²) in [7, 11) is 0. The zero-order valence-corrected chi connectivity index (χ0v) is 14.3. The lowest BCUT2D eigenvalue weighted by Crippen LogP contribution is -2.34. The van der Waals surface area contributed by atoms with Crippen LogP contribution in [0.15, 0.2) is 24.5 Å². The van der Waals surface area contributed by atoms with E-state index in [0.717, 1.165) is 54.9 Å². The molecular formula is C19H24N4O. The zero-order valence-electron chi connectivity index (χ0n) is 14.3. The number of piperidine rings is 1. The molecule has 1 aromatic carbocycles. The van der Waals surface area contributed by atoms with Crippen molar-refractivity contribution in [2.75, 3.05) is 18.8 Å². The number of rotatable bonds is 2. The molecule has 5 heteroatoms. The van der Waals surface area contributed by atoms with E-state index in [2.05, 4.69) is 47.3 Å². The van der Waals surface area contributed by atoms with E-state index in [1.54, 1.807) is 6.33 Å². The molecule has 2 aromatic rings. The zero-order chi connectivity index (χ0) is 16.7. The van der Waals surface area contributed by atoms with Crippen molar-refractivity contribution in [3.63, 3.8) is 0 Å². The van der Waals surface area contributed by atoms with Gasteiger partial charge in [-0.1, -0.05) is 13.8 Å². The first kappa shape index (κ1) is 15.4. The topological polar surface area (TPSA) is 73.1 Å². The second kappa shape index (κ2) is 5.74. The third-order valence-corrected chi connectivity index (χ3v) is 5.11. The quantitative estimate of drug-likeness (QED) is 0.888. The predicted octanol–water partition coefficient (Wildman–Crippen LogP) is 2.69. The highest BCUT2D eigenvalue weighted by atomic mass is 16.5. The van der Waals surface area contributed by atoms with Crippen LogP contribution in [0.2, 0.25) is 0 Å². The summed E-state index contributed by atoms with van der Waals surface area (Å²) in [6.45, 7) is 6.47. The van der Waals surface area contributed by atoms with Crippen molar-refractivity contribution in [3.8, 4) is 17.0 Å². The molecule has 1 saturated heterocycles. The van der Waals surface area contributed by atoms with Crippen LogP contribution in [0.4, 0.5) is 5.82 Å². The van der Waals surface area contributed by atoms with Gasteiger partial charge in [0.2, 0.25) is 0 Å². The molecule has 0 amide bonds. The lowest BCUT2D eigenvalue weighted by Gasteiger charge is -2.34. The summed E-state index contributed by atoms with van der Waals surface area (Å²) in [6.07, 6.45) is 4.91. The number of nitrogens with one attached hydrogen (secondary N) is 1. The first-order valence-electron chi connectivity index (χ1n) is 8.66. The maximum absolute atomic E-state index is 6.20. The van der Waals surface area contributed by atoms with Gasteiger partial charge in [0.05, 0.1) is 5.69 Å². The standard InChI is InChI=1S/C19H24N4O/c1-19(2)10-12-9-14(24-13-5-7-21-8-6-13)3-4-15(12)17-16(19)18(20)23-11-22-17/h3-4,9,11,13,21H,5-8,10H2,1-2H3,(H2,20,22,23). The number of hydrogen-bond donors (Lipinski definition) is 2. The van der Waals surface area contributed by atoms with Gasteiger partial charge in [0.1, 0.15) is 24.0 Å². The monoisotopic (exact) mass is 324 g/mol. The average Bonchev–Trinajstić information content (AvgIpc) is 2.55. The molecule has 0 radical (unpaired) electrons. The Morgan fingerprint density at radius 2 is 2.00 bits per heavy atom. The number of hydrogen-bond acceptors (Lipinski definition) is 5. The lowest BCUT2D eigenvalue weighted by atomic mass is 9.72. The molecule has 1 fully saturated rings. The van der Waals surface area contributed by atoms with Gasteiger partial charge >= 0.3 is 0 Å². The number of aromatic nitrogens is 2. The smallest absolute Gasteiger partial charge is 0.131 e. The molecule has 1 aromatic heterocycles. The van der Waals surface area contributed by atoms with Gasteiger partial charge in [-0.2, -0.15) is 0 Å². The number of anilines is 1. The van der Waals surface area contributed by atoms with Gasteiger partial charge in [0, 0.05) is 11.1 Å². The number of ether oxygens (including phenoxy) is 1. The van der Waals surface area contributed by atoms with E-state index in [1.807, 2.05) is 0 Å². The molecule has 0 saturated carbocycles. The first-order chi connectivity index (χ1) is 11.5. The highest BCUT2D eigenvalue weighted by molar-refractivity contribution is 5.75. The predicted molar refractivity (Wildman–Crippen MR) is 95.1 cm³/mol. The fourth-order valence-electron chi connectivity index (χ4n) is 3.96. The van der Waals surface area contributed by atoms with Crippen molar-refractivity contribution in [1.82, 2.24) is 15.3 Å². The number of nitrogens with two attached hydrogens (primary N) is 1. The van der Waals surface area contributed by atoms with E-state index >= 15 is 0 Å². The molecule has 1 aliphatic carbocycles. The Kier molecular flexibility index (Phi) is 3.68. The Morgan fingerprint density at radius 1 is 1.21 bits per heavy atom. The molecule has 4 rings (SSSR count). The molecule has 1 aliphatic heterocycles. The van der Waals surface area contributed by atoms with Gasteiger partial charge < -0.3 is 15.8 Å². The minimum Gasteiger partial charge on any atom is -0.490 e. The van der Waals surface area contributed by atoms with E-state index in [0.29, 0.717) is 11.9 Å². The van der Waals surface area contributed by atoms with Crippen molar-refractivity contribution in [3.05, 3.63) is 35.7 Å². The number of nitrogens with zero attached hydrogens (tertiary/aromatic N) is 2. The summed E-state index contributed by atoms with van der Waals surface area (Å²) in [5.41, 5.74) is 10.5. The SMILES string of the molecule is CC1(C)Cc2cc(OC3CCNCC3)ccc2-c2ncnc(N)c21. The molecule has 24 heavy (non-hydrogen) atoms. The van der Waals surface area contributed by atoms with E-state index in [-0.39, 0.29) is 5.41 Å². The number of nitrogen functional groups attached to an aromatic ring is 1. The van der Waals surface area contributed by atoms with Crippen LogP contribution in [-0.4, -0.2) is 29.2 Å². The van der Waals surface area contributed by atoms with Gasteiger partial charge in [0.25, 0.3) is 0 Å². The molecule has 126 valence electrons. The van der Waals surface area contributed by atoms with Crippen LogP contribution in [0, 0.1) is 0 Å².